The lowest BCUT2D eigenvalue weighted by molar-refractivity contribution is -0.174. The predicted octanol–water partition coefficient (Wildman–Crippen LogP) is 1.09. The molecule has 4 aliphatic rings. The van der Waals surface area contributed by atoms with E-state index in [2.05, 4.69) is 5.32 Å². The number of hydrogen-bond donors (Lipinski definition) is 1. The van der Waals surface area contributed by atoms with Gasteiger partial charge in [0.25, 0.3) is 0 Å². The Hall–Kier alpha value is -1.03. The number of carbonyl (C=O) groups is 2. The molecule has 3 heterocycles. The maximum Gasteiger partial charge on any atom is 0.247 e. The average molecular weight is 450 g/mol. The molecular formula is C20H30ClF2N3O4. The Kier molecular flexibility index (Phi) is 6.82. The van der Waals surface area contributed by atoms with Gasteiger partial charge in [-0.1, -0.05) is 0 Å². The zero-order chi connectivity index (χ0) is 21.4. The van der Waals surface area contributed by atoms with Crippen LogP contribution in [0.5, 0.6) is 0 Å². The van der Waals surface area contributed by atoms with Crippen molar-refractivity contribution in [3.05, 3.63) is 0 Å². The summed E-state index contributed by atoms with van der Waals surface area (Å²) < 4.78 is 39.4. The molecule has 7 nitrogen and oxygen atoms in total. The molecule has 7 unspecified atom stereocenters. The standard InChI is InChI=1S/C20H30ClF2N3O4/c1-29-13-5-16(23)19(24-6-13)26-8-17(27)25(18(20(26)28)12-9-30-10-12)7-11-2-3-14(21)15(22)4-11/h11-16,18-19,24H,2-10H2,1H3. The number of piperidine rings is 1. The molecule has 1 aliphatic carbocycles. The van der Waals surface area contributed by atoms with Crippen LogP contribution in [0.4, 0.5) is 8.78 Å². The van der Waals surface area contributed by atoms with Crippen LogP contribution in [-0.2, 0) is 19.1 Å². The Morgan fingerprint density at radius 3 is 2.57 bits per heavy atom. The van der Waals surface area contributed by atoms with Crippen molar-refractivity contribution in [2.24, 2.45) is 11.8 Å². The van der Waals surface area contributed by atoms with Gasteiger partial charge in [-0.3, -0.25) is 14.9 Å². The van der Waals surface area contributed by atoms with Crippen LogP contribution in [0, 0.1) is 11.8 Å². The molecule has 0 radical (unpaired) electrons. The molecule has 2 amide bonds. The second kappa shape index (κ2) is 9.22. The van der Waals surface area contributed by atoms with Gasteiger partial charge in [0.05, 0.1) is 24.7 Å². The summed E-state index contributed by atoms with van der Waals surface area (Å²) in [6.07, 6.45) is -1.79. The maximum absolute atomic E-state index is 14.8. The molecule has 170 valence electrons. The number of methoxy groups -OCH3 is 1. The van der Waals surface area contributed by atoms with Crippen LogP contribution in [0.15, 0.2) is 0 Å². The van der Waals surface area contributed by atoms with E-state index in [1.54, 1.807) is 4.90 Å². The molecule has 1 saturated carbocycles. The number of carbonyl (C=O) groups excluding carboxylic acids is 2. The zero-order valence-corrected chi connectivity index (χ0v) is 17.9. The Labute approximate surface area is 180 Å². The first-order chi connectivity index (χ1) is 14.4. The summed E-state index contributed by atoms with van der Waals surface area (Å²) in [5.41, 5.74) is 0. The summed E-state index contributed by atoms with van der Waals surface area (Å²) in [7, 11) is 1.53. The first kappa shape index (κ1) is 22.2. The van der Waals surface area contributed by atoms with Gasteiger partial charge in [-0.2, -0.15) is 0 Å². The minimum Gasteiger partial charge on any atom is -0.380 e. The van der Waals surface area contributed by atoms with E-state index in [4.69, 9.17) is 21.1 Å². The van der Waals surface area contributed by atoms with Crippen LogP contribution in [0.25, 0.3) is 0 Å². The molecule has 4 rings (SSSR count). The first-order valence-electron chi connectivity index (χ1n) is 10.7. The lowest BCUT2D eigenvalue weighted by Gasteiger charge is -2.50. The normalized spacial score (nSPS) is 41.1. The second-order valence-electron chi connectivity index (χ2n) is 8.93. The van der Waals surface area contributed by atoms with Crippen molar-refractivity contribution in [3.63, 3.8) is 0 Å². The average Bonchev–Trinajstić information content (AvgIpc) is 2.68. The van der Waals surface area contributed by atoms with Gasteiger partial charge in [0.2, 0.25) is 11.8 Å². The molecule has 7 atom stereocenters. The minimum atomic E-state index is -1.32. The van der Waals surface area contributed by atoms with Gasteiger partial charge >= 0.3 is 0 Å². The van der Waals surface area contributed by atoms with Gasteiger partial charge in [-0.05, 0) is 25.2 Å². The number of nitrogens with one attached hydrogen (secondary N) is 1. The smallest absolute Gasteiger partial charge is 0.247 e. The predicted molar refractivity (Wildman–Crippen MR) is 106 cm³/mol. The highest BCUT2D eigenvalue weighted by atomic mass is 35.5. The Bertz CT molecular complexity index is 656. The maximum atomic E-state index is 14.8. The number of halogens is 3. The summed E-state index contributed by atoms with van der Waals surface area (Å²) in [5.74, 6) is -0.645. The van der Waals surface area contributed by atoms with Crippen molar-refractivity contribution in [2.75, 3.05) is 40.0 Å². The number of ether oxygens (including phenoxy) is 2. The van der Waals surface area contributed by atoms with Crippen LogP contribution in [-0.4, -0.2) is 97.6 Å². The largest absolute Gasteiger partial charge is 0.380 e. The van der Waals surface area contributed by atoms with Gasteiger partial charge in [-0.25, -0.2) is 8.78 Å². The number of nitrogens with zero attached hydrogens (tertiary/aromatic N) is 2. The van der Waals surface area contributed by atoms with Crippen molar-refractivity contribution in [1.29, 1.82) is 0 Å². The molecule has 0 aromatic rings. The summed E-state index contributed by atoms with van der Waals surface area (Å²) in [6, 6.07) is -0.694. The van der Waals surface area contributed by atoms with E-state index in [9.17, 15) is 18.4 Å². The second-order valence-corrected chi connectivity index (χ2v) is 9.49. The molecule has 3 saturated heterocycles. The lowest BCUT2D eigenvalue weighted by atomic mass is 9.85. The highest BCUT2D eigenvalue weighted by Crippen LogP contribution is 2.34. The lowest BCUT2D eigenvalue weighted by Crippen LogP contribution is -2.71. The molecule has 3 aliphatic heterocycles. The number of alkyl halides is 3. The van der Waals surface area contributed by atoms with Crippen LogP contribution in [0.3, 0.4) is 0 Å². The number of hydrogen-bond acceptors (Lipinski definition) is 5. The summed E-state index contributed by atoms with van der Waals surface area (Å²) in [5, 5.41) is 2.55. The molecule has 0 spiro atoms. The first-order valence-corrected chi connectivity index (χ1v) is 11.2. The molecule has 0 aromatic carbocycles. The molecule has 30 heavy (non-hydrogen) atoms. The van der Waals surface area contributed by atoms with E-state index in [1.807, 2.05) is 0 Å². The minimum absolute atomic E-state index is 0.0361. The third-order valence-corrected chi connectivity index (χ3v) is 7.41. The van der Waals surface area contributed by atoms with E-state index in [0.29, 0.717) is 39.1 Å². The quantitative estimate of drug-likeness (QED) is 0.636. The van der Waals surface area contributed by atoms with Gasteiger partial charge in [0.15, 0.2) is 0 Å². The fourth-order valence-electron chi connectivity index (χ4n) is 5.05. The van der Waals surface area contributed by atoms with Gasteiger partial charge in [0, 0.05) is 32.5 Å². The van der Waals surface area contributed by atoms with Crippen LogP contribution in [0.2, 0.25) is 0 Å². The Morgan fingerprint density at radius 1 is 1.20 bits per heavy atom. The third kappa shape index (κ3) is 4.31. The van der Waals surface area contributed by atoms with E-state index >= 15 is 0 Å². The van der Waals surface area contributed by atoms with Crippen LogP contribution < -0.4 is 5.32 Å². The highest BCUT2D eigenvalue weighted by Gasteiger charge is 2.50. The highest BCUT2D eigenvalue weighted by molar-refractivity contribution is 6.21. The fourth-order valence-corrected chi connectivity index (χ4v) is 5.28. The monoisotopic (exact) mass is 449 g/mol. The van der Waals surface area contributed by atoms with E-state index < -0.39 is 29.9 Å². The molecule has 10 heteroatoms. The van der Waals surface area contributed by atoms with Crippen LogP contribution in [0.1, 0.15) is 25.7 Å². The number of amides is 2. The number of rotatable bonds is 5. The van der Waals surface area contributed by atoms with E-state index in [-0.39, 0.29) is 42.7 Å². The SMILES string of the molecule is COC1CNC(N2CC(=O)N(CC3CCC(Cl)C(F)C3)C(C3COC3)C2=O)C(F)C1. The van der Waals surface area contributed by atoms with Gasteiger partial charge in [-0.15, -0.1) is 11.6 Å². The molecule has 0 aromatic heterocycles. The van der Waals surface area contributed by atoms with Crippen LogP contribution >= 0.6 is 11.6 Å². The molecule has 1 N–H and O–H groups in total. The third-order valence-electron chi connectivity index (χ3n) is 6.92. The van der Waals surface area contributed by atoms with Gasteiger partial charge < -0.3 is 19.3 Å². The molecule has 4 fully saturated rings. The van der Waals surface area contributed by atoms with Crippen molar-refractivity contribution in [3.8, 4) is 0 Å². The van der Waals surface area contributed by atoms with E-state index in [1.165, 1.54) is 12.0 Å². The number of piperazine rings is 1. The van der Waals surface area contributed by atoms with Crippen molar-refractivity contribution < 1.29 is 27.8 Å². The van der Waals surface area contributed by atoms with Crippen molar-refractivity contribution in [1.82, 2.24) is 15.1 Å². The summed E-state index contributed by atoms with van der Waals surface area (Å²) >= 11 is 5.99. The van der Waals surface area contributed by atoms with Crippen molar-refractivity contribution >= 4 is 23.4 Å². The fraction of sp³-hybridized carbons (Fsp3) is 0.900. The summed E-state index contributed by atoms with van der Waals surface area (Å²) in [4.78, 5) is 29.4. The van der Waals surface area contributed by atoms with E-state index in [0.717, 1.165) is 6.42 Å². The van der Waals surface area contributed by atoms with Gasteiger partial charge in [0.1, 0.15) is 31.1 Å². The Morgan fingerprint density at radius 2 is 1.97 bits per heavy atom. The zero-order valence-electron chi connectivity index (χ0n) is 17.1. The topological polar surface area (TPSA) is 71.1 Å². The van der Waals surface area contributed by atoms with Crippen molar-refractivity contribution in [2.45, 2.75) is 61.7 Å². The Balaban J connectivity index is 1.48. The summed E-state index contributed by atoms with van der Waals surface area (Å²) in [6.45, 7) is 1.34. The molecule has 0 bridgehead atoms. The molecular weight excluding hydrogens is 420 g/mol.